The molecule has 3 aromatic rings. The molecule has 0 bridgehead atoms. The molecule has 1 aliphatic rings. The zero-order valence-electron chi connectivity index (χ0n) is 17.6. The number of nitrogens with zero attached hydrogens (tertiary/aromatic N) is 4. The van der Waals surface area contributed by atoms with Crippen molar-refractivity contribution < 1.29 is 36.2 Å². The van der Waals surface area contributed by atoms with E-state index in [0.29, 0.717) is 19.4 Å². The fraction of sp³-hybridized carbons (Fsp3) is 0.476. The highest BCUT2D eigenvalue weighted by Crippen LogP contribution is 2.38. The van der Waals surface area contributed by atoms with Gasteiger partial charge in [0.25, 0.3) is 0 Å². The van der Waals surface area contributed by atoms with Crippen LogP contribution in [-0.2, 0) is 11.3 Å². The summed E-state index contributed by atoms with van der Waals surface area (Å²) in [7, 11) is 0. The number of hydrogen-bond acceptors (Lipinski definition) is 4. The SMILES string of the molecule is O=C(C(C(O)C(F)(F)F)C(F)(F)F)N1CCC(Cn2ccc3cc(-c4cn[nH]c4)ncc32)CC1. The molecule has 7 nitrogen and oxygen atoms in total. The molecule has 0 saturated carbocycles. The van der Waals surface area contributed by atoms with Crippen molar-refractivity contribution in [2.45, 2.75) is 37.8 Å². The molecule has 2 unspecified atom stereocenters. The van der Waals surface area contributed by atoms with Crippen molar-refractivity contribution in [1.29, 1.82) is 0 Å². The highest BCUT2D eigenvalue weighted by molar-refractivity contribution is 5.83. The van der Waals surface area contributed by atoms with E-state index in [0.717, 1.165) is 27.1 Å². The van der Waals surface area contributed by atoms with Crippen molar-refractivity contribution in [1.82, 2.24) is 24.6 Å². The van der Waals surface area contributed by atoms with Gasteiger partial charge in [-0.05, 0) is 30.9 Å². The Kier molecular flexibility index (Phi) is 6.32. The molecule has 0 spiro atoms. The Morgan fingerprint density at radius 3 is 2.44 bits per heavy atom. The summed E-state index contributed by atoms with van der Waals surface area (Å²) in [5, 5.41) is 16.7. The van der Waals surface area contributed by atoms with E-state index in [2.05, 4.69) is 15.2 Å². The Morgan fingerprint density at radius 2 is 1.85 bits per heavy atom. The molecule has 2 N–H and O–H groups in total. The molecule has 4 heterocycles. The zero-order valence-corrected chi connectivity index (χ0v) is 17.6. The number of rotatable bonds is 5. The van der Waals surface area contributed by atoms with E-state index < -0.39 is 30.3 Å². The van der Waals surface area contributed by atoms with Gasteiger partial charge in [0.05, 0.1) is 23.6 Å². The Labute approximate surface area is 189 Å². The standard InChI is InChI=1S/C21H21F6N5O2/c22-20(23,24)17(18(33)21(25,26)27)19(34)31-4-1-12(2-5-31)11-32-6-3-13-7-15(28-10-16(13)32)14-8-29-30-9-14/h3,6-10,12,17-18,33H,1-2,4-5,11H2,(H,29,30). The number of halogens is 6. The predicted octanol–water partition coefficient (Wildman–Crippen LogP) is 3.77. The maximum atomic E-state index is 13.2. The second-order valence-electron chi connectivity index (χ2n) is 8.36. The second kappa shape index (κ2) is 8.93. The zero-order chi connectivity index (χ0) is 24.7. The van der Waals surface area contributed by atoms with Crippen LogP contribution in [-0.4, -0.2) is 67.2 Å². The number of hydrogen-bond donors (Lipinski definition) is 2. The van der Waals surface area contributed by atoms with Crippen LogP contribution in [0.1, 0.15) is 12.8 Å². The minimum Gasteiger partial charge on any atom is -0.383 e. The fourth-order valence-corrected chi connectivity index (χ4v) is 4.25. The maximum absolute atomic E-state index is 13.2. The van der Waals surface area contributed by atoms with Crippen molar-refractivity contribution in [3.05, 3.63) is 36.9 Å². The van der Waals surface area contributed by atoms with Crippen LogP contribution in [0.5, 0.6) is 0 Å². The van der Waals surface area contributed by atoms with E-state index in [1.165, 1.54) is 0 Å². The van der Waals surface area contributed by atoms with Gasteiger partial charge in [-0.15, -0.1) is 0 Å². The van der Waals surface area contributed by atoms with E-state index in [-0.39, 0.29) is 19.0 Å². The molecule has 0 aliphatic carbocycles. The Bertz CT molecular complexity index is 1130. The van der Waals surface area contributed by atoms with Gasteiger partial charge >= 0.3 is 12.4 Å². The Morgan fingerprint density at radius 1 is 1.15 bits per heavy atom. The summed E-state index contributed by atoms with van der Waals surface area (Å²) in [5.74, 6) is -5.28. The van der Waals surface area contributed by atoms with Crippen LogP contribution in [0.25, 0.3) is 22.2 Å². The van der Waals surface area contributed by atoms with Gasteiger partial charge in [0, 0.05) is 43.0 Å². The lowest BCUT2D eigenvalue weighted by Crippen LogP contribution is -2.54. The molecule has 3 aromatic heterocycles. The van der Waals surface area contributed by atoms with Gasteiger partial charge in [-0.1, -0.05) is 0 Å². The number of aliphatic hydroxyl groups excluding tert-OH is 1. The number of likely N-dealkylation sites (tertiary alicyclic amines) is 1. The number of aliphatic hydroxyl groups is 1. The quantitative estimate of drug-likeness (QED) is 0.535. The molecule has 184 valence electrons. The number of nitrogens with one attached hydrogen (secondary N) is 1. The Hall–Kier alpha value is -3.09. The number of pyridine rings is 1. The van der Waals surface area contributed by atoms with Gasteiger partial charge in [-0.2, -0.15) is 31.4 Å². The first-order chi connectivity index (χ1) is 15.9. The largest absolute Gasteiger partial charge is 0.415 e. The molecule has 1 saturated heterocycles. The number of fused-ring (bicyclic) bond motifs is 1. The van der Waals surface area contributed by atoms with Gasteiger partial charge < -0.3 is 14.6 Å². The number of carbonyl (C=O) groups is 1. The van der Waals surface area contributed by atoms with Crippen LogP contribution >= 0.6 is 0 Å². The van der Waals surface area contributed by atoms with Gasteiger partial charge in [-0.3, -0.25) is 14.9 Å². The van der Waals surface area contributed by atoms with Crippen LogP contribution in [0.15, 0.2) is 36.9 Å². The summed E-state index contributed by atoms with van der Waals surface area (Å²) in [6.07, 6.45) is -7.30. The average molecular weight is 489 g/mol. The number of H-pyrrole nitrogens is 1. The third-order valence-electron chi connectivity index (χ3n) is 6.10. The monoisotopic (exact) mass is 489 g/mol. The fourth-order valence-electron chi connectivity index (χ4n) is 4.25. The summed E-state index contributed by atoms with van der Waals surface area (Å²) in [6, 6.07) is 3.81. The molecule has 34 heavy (non-hydrogen) atoms. The van der Waals surface area contributed by atoms with Crippen LogP contribution in [0.2, 0.25) is 0 Å². The minimum atomic E-state index is -5.56. The third kappa shape index (κ3) is 4.88. The van der Waals surface area contributed by atoms with Crippen molar-refractivity contribution in [2.75, 3.05) is 13.1 Å². The van der Waals surface area contributed by atoms with Crippen LogP contribution in [0.4, 0.5) is 26.3 Å². The number of amides is 1. The van der Waals surface area contributed by atoms with Gasteiger partial charge in [0.2, 0.25) is 5.91 Å². The predicted molar refractivity (Wildman–Crippen MR) is 108 cm³/mol. The van der Waals surface area contributed by atoms with E-state index in [1.807, 2.05) is 22.9 Å². The van der Waals surface area contributed by atoms with Gasteiger partial charge in [0.15, 0.2) is 12.0 Å². The molecule has 13 heteroatoms. The van der Waals surface area contributed by atoms with Crippen LogP contribution in [0, 0.1) is 11.8 Å². The molecule has 4 rings (SSSR count). The normalized spacial score (nSPS) is 17.8. The lowest BCUT2D eigenvalue weighted by atomic mass is 9.93. The van der Waals surface area contributed by atoms with E-state index >= 15 is 0 Å². The number of aromatic nitrogens is 4. The number of alkyl halides is 6. The van der Waals surface area contributed by atoms with E-state index in [1.54, 1.807) is 18.6 Å². The third-order valence-corrected chi connectivity index (χ3v) is 6.10. The highest BCUT2D eigenvalue weighted by atomic mass is 19.4. The maximum Gasteiger partial charge on any atom is 0.415 e. The number of aromatic amines is 1. The van der Waals surface area contributed by atoms with E-state index in [4.69, 9.17) is 0 Å². The van der Waals surface area contributed by atoms with Crippen molar-refractivity contribution in [3.63, 3.8) is 0 Å². The number of carbonyl (C=O) groups excluding carboxylic acids is 1. The lowest BCUT2D eigenvalue weighted by molar-refractivity contribution is -0.271. The summed E-state index contributed by atoms with van der Waals surface area (Å²) in [5.41, 5.74) is 2.43. The molecule has 0 radical (unpaired) electrons. The highest BCUT2D eigenvalue weighted by Gasteiger charge is 2.59. The summed E-state index contributed by atoms with van der Waals surface area (Å²) < 4.78 is 79.7. The smallest absolute Gasteiger partial charge is 0.383 e. The van der Waals surface area contributed by atoms with Gasteiger partial charge in [-0.25, -0.2) is 0 Å². The molecule has 1 aliphatic heterocycles. The summed E-state index contributed by atoms with van der Waals surface area (Å²) >= 11 is 0. The first-order valence-corrected chi connectivity index (χ1v) is 10.5. The first kappa shape index (κ1) is 24.0. The second-order valence-corrected chi connectivity index (χ2v) is 8.36. The van der Waals surface area contributed by atoms with Crippen LogP contribution in [0.3, 0.4) is 0 Å². The summed E-state index contributed by atoms with van der Waals surface area (Å²) in [4.78, 5) is 17.5. The van der Waals surface area contributed by atoms with Crippen molar-refractivity contribution in [3.8, 4) is 11.3 Å². The van der Waals surface area contributed by atoms with Crippen molar-refractivity contribution >= 4 is 16.8 Å². The Balaban J connectivity index is 1.41. The molecule has 1 amide bonds. The summed E-state index contributed by atoms with van der Waals surface area (Å²) in [6.45, 7) is 0.275. The van der Waals surface area contributed by atoms with E-state index in [9.17, 15) is 36.2 Å². The first-order valence-electron chi connectivity index (χ1n) is 10.5. The van der Waals surface area contributed by atoms with Crippen LogP contribution < -0.4 is 0 Å². The topological polar surface area (TPSA) is 87.0 Å². The van der Waals surface area contributed by atoms with Crippen molar-refractivity contribution in [2.24, 2.45) is 11.8 Å². The lowest BCUT2D eigenvalue weighted by Gasteiger charge is -2.36. The molecule has 0 aromatic carbocycles. The van der Waals surface area contributed by atoms with Gasteiger partial charge in [0.1, 0.15) is 0 Å². The number of piperidine rings is 1. The molecular weight excluding hydrogens is 468 g/mol. The average Bonchev–Trinajstić information content (AvgIpc) is 3.43. The minimum absolute atomic E-state index is 0.00470. The molecule has 2 atom stereocenters. The molecule has 1 fully saturated rings. The molecular formula is C21H21F6N5O2.